The summed E-state index contributed by atoms with van der Waals surface area (Å²) in [7, 11) is 0. The Labute approximate surface area is 235 Å². The van der Waals surface area contributed by atoms with Crippen LogP contribution in [0.3, 0.4) is 0 Å². The average Bonchev–Trinajstić information content (AvgIpc) is 2.90. The number of nitrogens with zero attached hydrogens (tertiary/aromatic N) is 2. The number of piperidine rings is 1. The zero-order valence-electron chi connectivity index (χ0n) is 21.2. The third-order valence-electron chi connectivity index (χ3n) is 7.05. The Morgan fingerprint density at radius 2 is 1.87 bits per heavy atom. The van der Waals surface area contributed by atoms with Gasteiger partial charge < -0.3 is 19.9 Å². The highest BCUT2D eigenvalue weighted by atomic mass is 35.5. The van der Waals surface area contributed by atoms with E-state index in [0.717, 1.165) is 5.56 Å². The lowest BCUT2D eigenvalue weighted by atomic mass is 9.97. The normalized spacial score (nSPS) is 17.5. The topological polar surface area (TPSA) is 93.7 Å². The predicted octanol–water partition coefficient (Wildman–Crippen LogP) is 6.49. The first-order valence-corrected chi connectivity index (χ1v) is 13.3. The summed E-state index contributed by atoms with van der Waals surface area (Å²) in [5.41, 5.74) is 9.46. The minimum Gasteiger partial charge on any atom is -0.486 e. The van der Waals surface area contributed by atoms with Gasteiger partial charge in [-0.05, 0) is 43.3 Å². The van der Waals surface area contributed by atoms with E-state index in [2.05, 4.69) is 4.98 Å². The van der Waals surface area contributed by atoms with Crippen LogP contribution in [0.4, 0.5) is 14.5 Å². The number of aromatic nitrogens is 1. The number of anilines is 1. The summed E-state index contributed by atoms with van der Waals surface area (Å²) in [6.07, 6.45) is 1.21. The van der Waals surface area contributed by atoms with Gasteiger partial charge in [0, 0.05) is 66.3 Å². The fraction of sp³-hybridized carbons (Fsp3) is 0.357. The lowest BCUT2D eigenvalue weighted by Crippen LogP contribution is -2.51. The van der Waals surface area contributed by atoms with Crippen molar-refractivity contribution in [2.75, 3.05) is 25.4 Å². The van der Waals surface area contributed by atoms with Crippen LogP contribution >= 0.6 is 23.2 Å². The predicted molar refractivity (Wildman–Crippen MR) is 146 cm³/mol. The Kier molecular flexibility index (Phi) is 7.96. The number of alkyl halides is 2. The Bertz CT molecular complexity index is 1360. The molecule has 7 nitrogen and oxygen atoms in total. The summed E-state index contributed by atoms with van der Waals surface area (Å²) in [5.74, 6) is 0.365. The fourth-order valence-corrected chi connectivity index (χ4v) is 5.63. The second-order valence-electron chi connectivity index (χ2n) is 9.72. The first-order chi connectivity index (χ1) is 18.6. The van der Waals surface area contributed by atoms with Crippen molar-refractivity contribution < 1.29 is 23.0 Å². The van der Waals surface area contributed by atoms with E-state index in [-0.39, 0.29) is 12.3 Å². The smallest absolute Gasteiger partial charge is 0.251 e. The number of fused-ring (bicyclic) bond motifs is 1. The lowest BCUT2D eigenvalue weighted by Gasteiger charge is -2.44. The molecule has 3 heterocycles. The Hall–Kier alpha value is -2.98. The second kappa shape index (κ2) is 11.3. The molecule has 2 aliphatic heterocycles. The van der Waals surface area contributed by atoms with Crippen LogP contribution in [-0.4, -0.2) is 47.4 Å². The van der Waals surface area contributed by atoms with Crippen molar-refractivity contribution >= 4 is 34.6 Å². The number of benzene rings is 2. The standard InChI is InChI=1S/C28H28Cl2F2N4O3/c1-16(26-21(29)12-35-13-22(26)30)38-19-3-4-23(33)20(11-19)27(34)17-2-5-24-18(10-17)15-37-28(39-24)6-8-36(9-7-28)14-25(31)32/h2-5,10-13,16,25,34H,6-9,14-15,33H2,1H3/t16-/m1/s1. The van der Waals surface area contributed by atoms with Crippen LogP contribution in [0.15, 0.2) is 48.8 Å². The summed E-state index contributed by atoms with van der Waals surface area (Å²) < 4.78 is 43.9. The number of nitrogens with one attached hydrogen (secondary N) is 1. The van der Waals surface area contributed by atoms with Gasteiger partial charge in [-0.15, -0.1) is 0 Å². The van der Waals surface area contributed by atoms with Crippen molar-refractivity contribution in [3.8, 4) is 11.5 Å². The highest BCUT2D eigenvalue weighted by molar-refractivity contribution is 6.35. The summed E-state index contributed by atoms with van der Waals surface area (Å²) in [5, 5.41) is 9.67. The molecular formula is C28H28Cl2F2N4O3. The van der Waals surface area contributed by atoms with E-state index >= 15 is 0 Å². The third kappa shape index (κ3) is 5.96. The van der Waals surface area contributed by atoms with E-state index < -0.39 is 18.3 Å². The van der Waals surface area contributed by atoms with E-state index in [1.54, 1.807) is 29.2 Å². The van der Waals surface area contributed by atoms with Crippen LogP contribution in [0.25, 0.3) is 0 Å². The summed E-state index contributed by atoms with van der Waals surface area (Å²) in [6.45, 7) is 2.86. The molecular weight excluding hydrogens is 549 g/mol. The van der Waals surface area contributed by atoms with Crippen molar-refractivity contribution in [2.24, 2.45) is 0 Å². The Morgan fingerprint density at radius 3 is 2.56 bits per heavy atom. The van der Waals surface area contributed by atoms with Gasteiger partial charge in [0.15, 0.2) is 0 Å². The highest BCUT2D eigenvalue weighted by Crippen LogP contribution is 2.39. The number of pyridine rings is 1. The van der Waals surface area contributed by atoms with E-state index in [0.29, 0.717) is 76.5 Å². The SMILES string of the molecule is C[C@@H](Oc1ccc(N)c(C(=N)c2ccc3c(c2)COC2(CCN(CC(F)F)CC2)O3)c1)c1c(Cl)cncc1Cl. The van der Waals surface area contributed by atoms with Crippen LogP contribution < -0.4 is 15.2 Å². The van der Waals surface area contributed by atoms with Gasteiger partial charge in [-0.3, -0.25) is 15.3 Å². The van der Waals surface area contributed by atoms with Gasteiger partial charge in [-0.2, -0.15) is 0 Å². The van der Waals surface area contributed by atoms with Crippen molar-refractivity contribution in [1.82, 2.24) is 9.88 Å². The minimum absolute atomic E-state index is 0.217. The van der Waals surface area contributed by atoms with Gasteiger partial charge in [0.05, 0.1) is 28.9 Å². The fourth-order valence-electron chi connectivity index (χ4n) is 4.96. The van der Waals surface area contributed by atoms with E-state index in [4.69, 9.17) is 48.6 Å². The molecule has 0 radical (unpaired) electrons. The van der Waals surface area contributed by atoms with Crippen molar-refractivity contribution in [2.45, 2.75) is 44.7 Å². The molecule has 3 aromatic rings. The molecule has 0 amide bonds. The molecule has 3 N–H and O–H groups in total. The summed E-state index contributed by atoms with van der Waals surface area (Å²) >= 11 is 12.6. The average molecular weight is 577 g/mol. The third-order valence-corrected chi connectivity index (χ3v) is 7.66. The molecule has 0 unspecified atom stereocenters. The van der Waals surface area contributed by atoms with Crippen LogP contribution in [-0.2, 0) is 11.3 Å². The van der Waals surface area contributed by atoms with E-state index in [9.17, 15) is 8.78 Å². The maximum absolute atomic E-state index is 12.7. The summed E-state index contributed by atoms with van der Waals surface area (Å²) in [6, 6.07) is 10.6. The zero-order chi connectivity index (χ0) is 27.7. The Morgan fingerprint density at radius 1 is 1.15 bits per heavy atom. The molecule has 206 valence electrons. The van der Waals surface area contributed by atoms with Gasteiger partial charge in [-0.25, -0.2) is 8.78 Å². The second-order valence-corrected chi connectivity index (χ2v) is 10.5. The minimum atomic E-state index is -2.36. The number of halogens is 4. The maximum atomic E-state index is 12.7. The monoisotopic (exact) mass is 576 g/mol. The molecule has 0 saturated carbocycles. The molecule has 1 atom stereocenters. The number of rotatable bonds is 7. The maximum Gasteiger partial charge on any atom is 0.251 e. The lowest BCUT2D eigenvalue weighted by molar-refractivity contribution is -0.229. The van der Waals surface area contributed by atoms with E-state index in [1.807, 2.05) is 19.1 Å². The first kappa shape index (κ1) is 27.6. The molecule has 11 heteroatoms. The molecule has 5 rings (SSSR count). The van der Waals surface area contributed by atoms with Crippen molar-refractivity contribution in [3.63, 3.8) is 0 Å². The van der Waals surface area contributed by atoms with Crippen LogP contribution in [0.5, 0.6) is 11.5 Å². The zero-order valence-corrected chi connectivity index (χ0v) is 22.7. The van der Waals surface area contributed by atoms with Gasteiger partial charge in [0.1, 0.15) is 17.6 Å². The number of nitrogens with two attached hydrogens (primary N) is 1. The molecule has 1 fully saturated rings. The van der Waals surface area contributed by atoms with Gasteiger partial charge in [-0.1, -0.05) is 23.2 Å². The number of ether oxygens (including phenoxy) is 3. The van der Waals surface area contributed by atoms with Crippen LogP contribution in [0, 0.1) is 5.41 Å². The number of nitrogen functional groups attached to an aromatic ring is 1. The van der Waals surface area contributed by atoms with Gasteiger partial charge in [0.25, 0.3) is 6.43 Å². The molecule has 1 spiro atoms. The van der Waals surface area contributed by atoms with Crippen LogP contribution in [0.2, 0.25) is 10.0 Å². The number of hydrogen-bond donors (Lipinski definition) is 2. The van der Waals surface area contributed by atoms with Crippen molar-refractivity contribution in [3.05, 3.63) is 81.1 Å². The molecule has 1 aromatic heterocycles. The van der Waals surface area contributed by atoms with E-state index in [1.165, 1.54) is 12.4 Å². The first-order valence-electron chi connectivity index (χ1n) is 12.5. The Balaban J connectivity index is 1.30. The summed E-state index contributed by atoms with van der Waals surface area (Å²) in [4.78, 5) is 5.70. The van der Waals surface area contributed by atoms with Gasteiger partial charge >= 0.3 is 0 Å². The molecule has 1 saturated heterocycles. The number of likely N-dealkylation sites (tertiary alicyclic amines) is 1. The highest BCUT2D eigenvalue weighted by Gasteiger charge is 2.41. The van der Waals surface area contributed by atoms with Crippen molar-refractivity contribution in [1.29, 1.82) is 5.41 Å². The molecule has 0 bridgehead atoms. The molecule has 0 aliphatic carbocycles. The molecule has 2 aliphatic rings. The number of hydrogen-bond acceptors (Lipinski definition) is 7. The molecule has 39 heavy (non-hydrogen) atoms. The largest absolute Gasteiger partial charge is 0.486 e. The quantitative estimate of drug-likeness (QED) is 0.246. The van der Waals surface area contributed by atoms with Gasteiger partial charge in [0.2, 0.25) is 5.79 Å². The molecule has 2 aromatic carbocycles. The van der Waals surface area contributed by atoms with Crippen LogP contribution in [0.1, 0.15) is 48.1 Å².